The summed E-state index contributed by atoms with van der Waals surface area (Å²) in [6, 6.07) is 8.41. The molecule has 2 heterocycles. The Morgan fingerprint density at radius 1 is 1.48 bits per heavy atom. The van der Waals surface area contributed by atoms with Crippen molar-refractivity contribution in [1.29, 1.82) is 0 Å². The number of aromatic amines is 1. The molecule has 0 radical (unpaired) electrons. The van der Waals surface area contributed by atoms with Gasteiger partial charge in [-0.3, -0.25) is 4.57 Å². The monoisotopic (exact) mass is 305 g/mol. The number of H-pyrrole nitrogens is 1. The molecule has 21 heavy (non-hydrogen) atoms. The first-order chi connectivity index (χ1) is 10.3. The quantitative estimate of drug-likeness (QED) is 0.862. The lowest BCUT2D eigenvalue weighted by molar-refractivity contribution is 0.0587. The predicted octanol–water partition coefficient (Wildman–Crippen LogP) is 2.39. The van der Waals surface area contributed by atoms with E-state index in [4.69, 9.17) is 4.74 Å². The zero-order valence-electron chi connectivity index (χ0n) is 12.0. The number of aromatic nitrogens is 3. The molecule has 1 aliphatic heterocycles. The van der Waals surface area contributed by atoms with E-state index in [0.29, 0.717) is 6.54 Å². The highest BCUT2D eigenvalue weighted by atomic mass is 32.2. The summed E-state index contributed by atoms with van der Waals surface area (Å²) in [5.41, 5.74) is 2.49. The van der Waals surface area contributed by atoms with Crippen molar-refractivity contribution >= 4 is 11.8 Å². The van der Waals surface area contributed by atoms with Crippen molar-refractivity contribution in [1.82, 2.24) is 14.8 Å². The van der Waals surface area contributed by atoms with Gasteiger partial charge in [0.25, 0.3) is 0 Å². The van der Waals surface area contributed by atoms with Crippen molar-refractivity contribution in [3.05, 3.63) is 45.9 Å². The van der Waals surface area contributed by atoms with Gasteiger partial charge in [-0.1, -0.05) is 43.0 Å². The van der Waals surface area contributed by atoms with E-state index in [-0.39, 0.29) is 11.8 Å². The molecule has 1 aromatic carbocycles. The fraction of sp³-hybridized carbons (Fsp3) is 0.467. The lowest BCUT2D eigenvalue weighted by Gasteiger charge is -2.25. The van der Waals surface area contributed by atoms with Crippen molar-refractivity contribution in [3.63, 3.8) is 0 Å². The third-order valence-electron chi connectivity index (χ3n) is 3.63. The number of nitrogens with one attached hydrogen (secondary N) is 1. The summed E-state index contributed by atoms with van der Waals surface area (Å²) in [6.45, 7) is 3.50. The zero-order valence-corrected chi connectivity index (χ0v) is 12.9. The highest BCUT2D eigenvalue weighted by Gasteiger charge is 2.21. The molecule has 1 N–H and O–H groups in total. The van der Waals surface area contributed by atoms with Crippen LogP contribution in [0.1, 0.15) is 30.6 Å². The molecule has 0 aliphatic carbocycles. The fourth-order valence-electron chi connectivity index (χ4n) is 2.60. The van der Waals surface area contributed by atoms with E-state index in [9.17, 15) is 4.79 Å². The largest absolute Gasteiger partial charge is 0.372 e. The summed E-state index contributed by atoms with van der Waals surface area (Å²) in [7, 11) is 0. The van der Waals surface area contributed by atoms with Crippen LogP contribution in [0.3, 0.4) is 0 Å². The number of fused-ring (bicyclic) bond motifs is 1. The molecule has 2 aromatic rings. The van der Waals surface area contributed by atoms with Gasteiger partial charge in [0.05, 0.1) is 12.7 Å². The van der Waals surface area contributed by atoms with Gasteiger partial charge in [0.1, 0.15) is 0 Å². The Hall–Kier alpha value is -1.53. The maximum atomic E-state index is 11.7. The van der Waals surface area contributed by atoms with E-state index < -0.39 is 0 Å². The smallest absolute Gasteiger partial charge is 0.343 e. The van der Waals surface area contributed by atoms with E-state index >= 15 is 0 Å². The molecular formula is C15H19N3O2S. The average Bonchev–Trinajstić information content (AvgIpc) is 2.86. The molecule has 0 spiro atoms. The van der Waals surface area contributed by atoms with Crippen LogP contribution < -0.4 is 5.69 Å². The molecule has 112 valence electrons. The second kappa shape index (κ2) is 6.49. The highest BCUT2D eigenvalue weighted by Crippen LogP contribution is 2.31. The summed E-state index contributed by atoms with van der Waals surface area (Å²) in [5.74, 6) is 0.769. The Balaban J connectivity index is 1.73. The fourth-order valence-corrected chi connectivity index (χ4v) is 3.62. The van der Waals surface area contributed by atoms with Gasteiger partial charge < -0.3 is 4.74 Å². The number of hydrogen-bond donors (Lipinski definition) is 1. The first kappa shape index (κ1) is 14.4. The predicted molar refractivity (Wildman–Crippen MR) is 82.7 cm³/mol. The Morgan fingerprint density at radius 3 is 3.19 bits per heavy atom. The number of benzene rings is 1. The minimum Gasteiger partial charge on any atom is -0.372 e. The van der Waals surface area contributed by atoms with Crippen LogP contribution in [-0.2, 0) is 17.7 Å². The van der Waals surface area contributed by atoms with Crippen LogP contribution in [0.25, 0.3) is 0 Å². The number of thioether (sulfide) groups is 1. The van der Waals surface area contributed by atoms with E-state index in [1.807, 2.05) is 13.0 Å². The summed E-state index contributed by atoms with van der Waals surface area (Å²) < 4.78 is 7.58. The third-order valence-corrected chi connectivity index (χ3v) is 4.67. The minimum atomic E-state index is -0.135. The number of nitrogens with zero attached hydrogens (tertiary/aromatic N) is 2. The van der Waals surface area contributed by atoms with Gasteiger partial charge in [0.15, 0.2) is 5.16 Å². The van der Waals surface area contributed by atoms with Crippen LogP contribution in [0, 0.1) is 0 Å². The topological polar surface area (TPSA) is 59.9 Å². The molecule has 0 bridgehead atoms. The van der Waals surface area contributed by atoms with Gasteiger partial charge in [-0.15, -0.1) is 5.10 Å². The maximum absolute atomic E-state index is 11.7. The molecule has 1 atom stereocenters. The van der Waals surface area contributed by atoms with Crippen molar-refractivity contribution in [2.24, 2.45) is 0 Å². The van der Waals surface area contributed by atoms with Gasteiger partial charge in [-0.05, 0) is 24.0 Å². The van der Waals surface area contributed by atoms with Gasteiger partial charge >= 0.3 is 5.69 Å². The number of hydrogen-bond acceptors (Lipinski definition) is 4. The van der Waals surface area contributed by atoms with Crippen LogP contribution in [0.2, 0.25) is 0 Å². The lowest BCUT2D eigenvalue weighted by atomic mass is 9.99. The van der Waals surface area contributed by atoms with Gasteiger partial charge in [0.2, 0.25) is 0 Å². The van der Waals surface area contributed by atoms with Gasteiger partial charge in [0, 0.05) is 12.3 Å². The minimum absolute atomic E-state index is 0.0711. The first-order valence-electron chi connectivity index (χ1n) is 7.27. The molecule has 3 rings (SSSR count). The van der Waals surface area contributed by atoms with E-state index in [2.05, 4.69) is 28.4 Å². The van der Waals surface area contributed by atoms with E-state index in [1.54, 1.807) is 16.3 Å². The van der Waals surface area contributed by atoms with Crippen LogP contribution in [0.5, 0.6) is 0 Å². The number of ether oxygens (including phenoxy) is 1. The van der Waals surface area contributed by atoms with Crippen LogP contribution >= 0.6 is 11.8 Å². The summed E-state index contributed by atoms with van der Waals surface area (Å²) in [6.07, 6.45) is 1.96. The molecule has 1 aromatic heterocycles. The first-order valence-corrected chi connectivity index (χ1v) is 8.25. The Bertz CT molecular complexity index is 665. The lowest BCUT2D eigenvalue weighted by Crippen LogP contribution is -2.19. The SMILES string of the molecule is CCCn1c(SC[C@@H]2OCCc3ccccc32)n[nH]c1=O. The summed E-state index contributed by atoms with van der Waals surface area (Å²) in [5, 5.41) is 7.38. The molecule has 6 heteroatoms. The molecular weight excluding hydrogens is 286 g/mol. The van der Waals surface area contributed by atoms with Crippen molar-refractivity contribution in [2.75, 3.05) is 12.4 Å². The van der Waals surface area contributed by atoms with E-state index in [0.717, 1.165) is 30.4 Å². The molecule has 0 amide bonds. The highest BCUT2D eigenvalue weighted by molar-refractivity contribution is 7.99. The zero-order chi connectivity index (χ0) is 14.7. The third kappa shape index (κ3) is 3.06. The second-order valence-corrected chi connectivity index (χ2v) is 6.07. The Morgan fingerprint density at radius 2 is 2.33 bits per heavy atom. The molecule has 0 fully saturated rings. The Kier molecular flexibility index (Phi) is 4.45. The molecule has 0 unspecified atom stereocenters. The average molecular weight is 305 g/mol. The van der Waals surface area contributed by atoms with Crippen molar-refractivity contribution in [3.8, 4) is 0 Å². The second-order valence-electron chi connectivity index (χ2n) is 5.08. The maximum Gasteiger partial charge on any atom is 0.343 e. The van der Waals surface area contributed by atoms with Crippen LogP contribution in [-0.4, -0.2) is 27.1 Å². The van der Waals surface area contributed by atoms with Gasteiger partial charge in [-0.2, -0.15) is 0 Å². The van der Waals surface area contributed by atoms with Crippen molar-refractivity contribution < 1.29 is 4.74 Å². The molecule has 5 nitrogen and oxygen atoms in total. The molecule has 0 saturated carbocycles. The summed E-state index contributed by atoms with van der Waals surface area (Å²) in [4.78, 5) is 11.7. The number of rotatable bonds is 5. The normalized spacial score (nSPS) is 17.7. The molecule has 0 saturated heterocycles. The van der Waals surface area contributed by atoms with E-state index in [1.165, 1.54) is 11.1 Å². The summed E-state index contributed by atoms with van der Waals surface area (Å²) >= 11 is 1.57. The van der Waals surface area contributed by atoms with Crippen LogP contribution in [0.15, 0.2) is 34.2 Å². The standard InChI is InChI=1S/C15H19N3O2S/c1-2-8-18-14(19)16-17-15(18)21-10-13-12-6-4-3-5-11(12)7-9-20-13/h3-6,13H,2,7-10H2,1H3,(H,16,19)/t13-/m0/s1. The van der Waals surface area contributed by atoms with Gasteiger partial charge in [-0.25, -0.2) is 9.89 Å². The van der Waals surface area contributed by atoms with Crippen LogP contribution in [0.4, 0.5) is 0 Å². The van der Waals surface area contributed by atoms with Crippen molar-refractivity contribution in [2.45, 2.75) is 37.6 Å². The Labute approximate surface area is 127 Å². The molecule has 1 aliphatic rings.